The summed E-state index contributed by atoms with van der Waals surface area (Å²) in [6.45, 7) is 2.33. The number of hydrogen-bond donors (Lipinski definition) is 1. The Labute approximate surface area is 185 Å². The lowest BCUT2D eigenvalue weighted by molar-refractivity contribution is 0.324. The highest BCUT2D eigenvalue weighted by molar-refractivity contribution is 6.00. The smallest absolute Gasteiger partial charge is 0.347 e. The van der Waals surface area contributed by atoms with E-state index < -0.39 is 5.63 Å². The van der Waals surface area contributed by atoms with Crippen LogP contribution in [-0.4, -0.2) is 27.9 Å². The topological polar surface area (TPSA) is 83.1 Å². The van der Waals surface area contributed by atoms with Gasteiger partial charge in [-0.25, -0.2) is 4.79 Å². The Kier molecular flexibility index (Phi) is 6.07. The molecule has 166 valence electrons. The van der Waals surface area contributed by atoms with Gasteiger partial charge in [-0.2, -0.15) is 0 Å². The van der Waals surface area contributed by atoms with E-state index in [0.717, 1.165) is 6.42 Å². The van der Waals surface area contributed by atoms with Gasteiger partial charge in [0.2, 0.25) is 11.6 Å². The average molecular weight is 435 g/mol. The first kappa shape index (κ1) is 21.4. The summed E-state index contributed by atoms with van der Waals surface area (Å²) >= 11 is 0. The third-order valence-electron chi connectivity index (χ3n) is 5.22. The highest BCUT2D eigenvalue weighted by Crippen LogP contribution is 2.45. The molecular formula is C25H25NO6. The van der Waals surface area contributed by atoms with Crippen molar-refractivity contribution in [3.05, 3.63) is 70.3 Å². The quantitative estimate of drug-likeness (QED) is 0.415. The van der Waals surface area contributed by atoms with E-state index in [1.54, 1.807) is 46.5 Å². The van der Waals surface area contributed by atoms with E-state index in [9.17, 15) is 4.79 Å². The maximum absolute atomic E-state index is 12.8. The summed E-state index contributed by atoms with van der Waals surface area (Å²) in [6, 6.07) is 15.4. The van der Waals surface area contributed by atoms with Gasteiger partial charge in [-0.05, 0) is 36.6 Å². The number of hydrogen-bond acceptors (Lipinski definition) is 7. The Balaban J connectivity index is 1.83. The molecule has 0 radical (unpaired) electrons. The van der Waals surface area contributed by atoms with Crippen LogP contribution in [0.25, 0.3) is 22.1 Å². The van der Waals surface area contributed by atoms with Crippen LogP contribution in [0.5, 0.6) is 17.2 Å². The summed E-state index contributed by atoms with van der Waals surface area (Å²) in [5, 5.41) is 3.69. The second-order valence-electron chi connectivity index (χ2n) is 7.27. The molecule has 0 aliphatic heterocycles. The summed E-state index contributed by atoms with van der Waals surface area (Å²) in [5.74, 6) is 2.37. The molecule has 4 rings (SSSR count). The SMILES string of the molecule is COc1cc(-c2c(NCCc3ccccc3)oc3cc(C)oc(=O)c23)cc(OC)c1OC. The first-order valence-electron chi connectivity index (χ1n) is 10.2. The van der Waals surface area contributed by atoms with Gasteiger partial charge in [0.25, 0.3) is 0 Å². The number of furan rings is 1. The second-order valence-corrected chi connectivity index (χ2v) is 7.27. The molecule has 0 amide bonds. The number of anilines is 1. The van der Waals surface area contributed by atoms with Crippen molar-refractivity contribution in [2.75, 3.05) is 33.2 Å². The second kappa shape index (κ2) is 9.09. The van der Waals surface area contributed by atoms with Crippen molar-refractivity contribution in [2.45, 2.75) is 13.3 Å². The Morgan fingerprint density at radius 2 is 1.59 bits per heavy atom. The average Bonchev–Trinajstić information content (AvgIpc) is 3.17. The molecule has 0 fully saturated rings. The van der Waals surface area contributed by atoms with Crippen LogP contribution in [0, 0.1) is 6.92 Å². The molecule has 0 spiro atoms. The zero-order valence-electron chi connectivity index (χ0n) is 18.5. The van der Waals surface area contributed by atoms with E-state index in [1.165, 1.54) is 5.56 Å². The van der Waals surface area contributed by atoms with Crippen molar-refractivity contribution < 1.29 is 23.0 Å². The third-order valence-corrected chi connectivity index (χ3v) is 5.22. The molecule has 0 atom stereocenters. The molecule has 7 heteroatoms. The van der Waals surface area contributed by atoms with E-state index in [-0.39, 0.29) is 0 Å². The largest absolute Gasteiger partial charge is 0.493 e. The molecule has 0 aliphatic carbocycles. The van der Waals surface area contributed by atoms with Crippen LogP contribution in [0.1, 0.15) is 11.3 Å². The maximum Gasteiger partial charge on any atom is 0.347 e. The molecule has 0 aliphatic rings. The number of rotatable bonds is 8. The zero-order valence-corrected chi connectivity index (χ0v) is 18.5. The minimum atomic E-state index is -0.469. The summed E-state index contributed by atoms with van der Waals surface area (Å²) < 4.78 is 27.9. The van der Waals surface area contributed by atoms with Gasteiger partial charge < -0.3 is 28.4 Å². The van der Waals surface area contributed by atoms with Gasteiger partial charge in [0, 0.05) is 12.6 Å². The van der Waals surface area contributed by atoms with Gasteiger partial charge in [-0.1, -0.05) is 30.3 Å². The van der Waals surface area contributed by atoms with Crippen LogP contribution in [-0.2, 0) is 6.42 Å². The van der Waals surface area contributed by atoms with Crippen LogP contribution in [0.15, 0.2) is 62.2 Å². The molecule has 0 saturated heterocycles. The molecule has 2 aromatic carbocycles. The number of aryl methyl sites for hydroxylation is 1. The van der Waals surface area contributed by atoms with Gasteiger partial charge >= 0.3 is 5.63 Å². The molecule has 0 bridgehead atoms. The van der Waals surface area contributed by atoms with Crippen molar-refractivity contribution in [2.24, 2.45) is 0 Å². The summed E-state index contributed by atoms with van der Waals surface area (Å²) in [7, 11) is 4.64. The Hall–Kier alpha value is -3.87. The highest BCUT2D eigenvalue weighted by Gasteiger charge is 2.23. The molecule has 1 N–H and O–H groups in total. The Morgan fingerprint density at radius 1 is 0.906 bits per heavy atom. The predicted molar refractivity (Wildman–Crippen MR) is 123 cm³/mol. The van der Waals surface area contributed by atoms with Gasteiger partial charge in [0.15, 0.2) is 11.5 Å². The predicted octanol–water partition coefficient (Wildman–Crippen LogP) is 5.04. The van der Waals surface area contributed by atoms with Gasteiger partial charge in [-0.3, -0.25) is 0 Å². The van der Waals surface area contributed by atoms with E-state index in [0.29, 0.717) is 57.5 Å². The molecule has 0 saturated carbocycles. The minimum absolute atomic E-state index is 0.354. The van der Waals surface area contributed by atoms with E-state index in [2.05, 4.69) is 17.4 Å². The van der Waals surface area contributed by atoms with Crippen molar-refractivity contribution in [3.63, 3.8) is 0 Å². The fraction of sp³-hybridized carbons (Fsp3) is 0.240. The van der Waals surface area contributed by atoms with E-state index in [4.69, 9.17) is 23.0 Å². The summed E-state index contributed by atoms with van der Waals surface area (Å²) in [5.41, 5.74) is 2.44. The summed E-state index contributed by atoms with van der Waals surface area (Å²) in [6.07, 6.45) is 0.792. The third kappa shape index (κ3) is 4.01. The fourth-order valence-corrected chi connectivity index (χ4v) is 3.75. The molecule has 0 unspecified atom stereocenters. The molecular weight excluding hydrogens is 410 g/mol. The van der Waals surface area contributed by atoms with Crippen LogP contribution in [0.4, 0.5) is 5.88 Å². The number of benzene rings is 2. The highest BCUT2D eigenvalue weighted by atomic mass is 16.5. The summed E-state index contributed by atoms with van der Waals surface area (Å²) in [4.78, 5) is 12.8. The van der Waals surface area contributed by atoms with Gasteiger partial charge in [-0.15, -0.1) is 0 Å². The van der Waals surface area contributed by atoms with Crippen LogP contribution in [0.2, 0.25) is 0 Å². The Bertz CT molecular complexity index is 1260. The number of fused-ring (bicyclic) bond motifs is 1. The van der Waals surface area contributed by atoms with Gasteiger partial charge in [0.1, 0.15) is 16.7 Å². The monoisotopic (exact) mass is 435 g/mol. The van der Waals surface area contributed by atoms with Crippen molar-refractivity contribution in [3.8, 4) is 28.4 Å². The lowest BCUT2D eigenvalue weighted by Crippen LogP contribution is -2.06. The van der Waals surface area contributed by atoms with Crippen LogP contribution < -0.4 is 25.2 Å². The van der Waals surface area contributed by atoms with Crippen LogP contribution in [0.3, 0.4) is 0 Å². The lowest BCUT2D eigenvalue weighted by Gasteiger charge is -2.14. The number of nitrogens with one attached hydrogen (secondary N) is 1. The normalized spacial score (nSPS) is 10.9. The van der Waals surface area contributed by atoms with Gasteiger partial charge in [0.05, 0.1) is 26.9 Å². The molecule has 32 heavy (non-hydrogen) atoms. The van der Waals surface area contributed by atoms with Crippen molar-refractivity contribution in [1.82, 2.24) is 0 Å². The van der Waals surface area contributed by atoms with E-state index in [1.807, 2.05) is 18.2 Å². The van der Waals surface area contributed by atoms with Crippen LogP contribution >= 0.6 is 0 Å². The number of ether oxygens (including phenoxy) is 3. The first-order chi connectivity index (χ1) is 15.5. The number of methoxy groups -OCH3 is 3. The van der Waals surface area contributed by atoms with Crippen molar-refractivity contribution >= 4 is 16.9 Å². The molecule has 2 heterocycles. The standard InChI is InChI=1S/C25H25NO6/c1-15-12-18-22(25(27)31-15)21(17-13-19(28-2)23(30-4)20(14-17)29-3)24(32-18)26-11-10-16-8-6-5-7-9-16/h5-9,12-14,26H,10-11H2,1-4H3. The fourth-order valence-electron chi connectivity index (χ4n) is 3.75. The molecule has 2 aromatic heterocycles. The first-order valence-corrected chi connectivity index (χ1v) is 10.2. The minimum Gasteiger partial charge on any atom is -0.493 e. The maximum atomic E-state index is 12.8. The molecule has 4 aromatic rings. The lowest BCUT2D eigenvalue weighted by atomic mass is 10.0. The zero-order chi connectivity index (χ0) is 22.7. The Morgan fingerprint density at radius 3 is 2.22 bits per heavy atom. The molecule has 7 nitrogen and oxygen atoms in total. The van der Waals surface area contributed by atoms with Crippen molar-refractivity contribution in [1.29, 1.82) is 0 Å². The van der Waals surface area contributed by atoms with E-state index >= 15 is 0 Å².